The van der Waals surface area contributed by atoms with Gasteiger partial charge in [-0.05, 0) is 54.1 Å². The Labute approximate surface area is 170 Å². The number of hydrogen-bond donors (Lipinski definition) is 0. The first-order chi connectivity index (χ1) is 13.5. The molecule has 0 bridgehead atoms. The Morgan fingerprint density at radius 3 is 2.29 bits per heavy atom. The SMILES string of the molecule is CC(C)[C@@H]1CC[C@@H](C)C[C@H]1OC(=O)C[C@@H](Cc1ccccc1)c1ccccc1. The third kappa shape index (κ3) is 5.70. The third-order valence-electron chi connectivity index (χ3n) is 6.25. The van der Waals surface area contributed by atoms with E-state index in [2.05, 4.69) is 69.3 Å². The van der Waals surface area contributed by atoms with E-state index in [1.807, 2.05) is 12.1 Å². The van der Waals surface area contributed by atoms with Crippen LogP contribution in [0.1, 0.15) is 63.5 Å². The van der Waals surface area contributed by atoms with E-state index < -0.39 is 0 Å². The Bertz CT molecular complexity index is 723. The van der Waals surface area contributed by atoms with Crippen LogP contribution in [0, 0.1) is 17.8 Å². The monoisotopic (exact) mass is 378 g/mol. The van der Waals surface area contributed by atoms with Crippen molar-refractivity contribution in [2.45, 2.75) is 64.9 Å². The van der Waals surface area contributed by atoms with Gasteiger partial charge in [0.25, 0.3) is 0 Å². The average molecular weight is 379 g/mol. The van der Waals surface area contributed by atoms with Gasteiger partial charge in [-0.15, -0.1) is 0 Å². The summed E-state index contributed by atoms with van der Waals surface area (Å²) in [5.74, 6) is 1.79. The summed E-state index contributed by atoms with van der Waals surface area (Å²) in [5.41, 5.74) is 2.47. The summed E-state index contributed by atoms with van der Waals surface area (Å²) in [6, 6.07) is 20.8. The fourth-order valence-electron chi connectivity index (χ4n) is 4.60. The summed E-state index contributed by atoms with van der Waals surface area (Å²) in [6.45, 7) is 6.78. The maximum absolute atomic E-state index is 12.9. The highest BCUT2D eigenvalue weighted by atomic mass is 16.5. The van der Waals surface area contributed by atoms with Gasteiger partial charge in [-0.25, -0.2) is 0 Å². The van der Waals surface area contributed by atoms with Gasteiger partial charge in [0.1, 0.15) is 6.10 Å². The number of hydrogen-bond acceptors (Lipinski definition) is 2. The van der Waals surface area contributed by atoms with E-state index in [0.29, 0.717) is 24.2 Å². The maximum atomic E-state index is 12.9. The molecule has 0 aromatic heterocycles. The molecule has 1 aliphatic rings. The lowest BCUT2D eigenvalue weighted by Crippen LogP contribution is -2.36. The summed E-state index contributed by atoms with van der Waals surface area (Å²) >= 11 is 0. The number of benzene rings is 2. The van der Waals surface area contributed by atoms with Gasteiger partial charge in [0, 0.05) is 0 Å². The standard InChI is InChI=1S/C26H34O2/c1-19(2)24-15-14-20(3)16-25(24)28-26(27)18-23(22-12-8-5-9-13-22)17-21-10-6-4-7-11-21/h4-13,19-20,23-25H,14-18H2,1-3H3/t20-,23-,24+,25-/m1/s1. The van der Waals surface area contributed by atoms with E-state index in [4.69, 9.17) is 4.74 Å². The molecule has 4 atom stereocenters. The molecular weight excluding hydrogens is 344 g/mol. The molecule has 0 amide bonds. The molecule has 2 nitrogen and oxygen atoms in total. The molecule has 0 radical (unpaired) electrons. The minimum atomic E-state index is -0.0467. The van der Waals surface area contributed by atoms with Gasteiger partial charge >= 0.3 is 5.97 Å². The summed E-state index contributed by atoms with van der Waals surface area (Å²) in [4.78, 5) is 12.9. The van der Waals surface area contributed by atoms with Gasteiger partial charge in [-0.1, -0.05) is 87.9 Å². The lowest BCUT2D eigenvalue weighted by atomic mass is 9.75. The smallest absolute Gasteiger partial charge is 0.306 e. The first-order valence-electron chi connectivity index (χ1n) is 10.8. The van der Waals surface area contributed by atoms with Crippen LogP contribution in [0.2, 0.25) is 0 Å². The predicted octanol–water partition coefficient (Wildman–Crippen LogP) is 6.41. The zero-order valence-corrected chi connectivity index (χ0v) is 17.5. The van der Waals surface area contributed by atoms with Crippen molar-refractivity contribution in [3.63, 3.8) is 0 Å². The van der Waals surface area contributed by atoms with Crippen molar-refractivity contribution in [3.05, 3.63) is 71.8 Å². The fourth-order valence-corrected chi connectivity index (χ4v) is 4.60. The molecule has 1 fully saturated rings. The molecule has 2 heteroatoms. The van der Waals surface area contributed by atoms with Gasteiger partial charge in [-0.2, -0.15) is 0 Å². The number of ether oxygens (including phenoxy) is 1. The molecule has 3 rings (SSSR count). The van der Waals surface area contributed by atoms with Crippen LogP contribution in [0.25, 0.3) is 0 Å². The molecule has 28 heavy (non-hydrogen) atoms. The molecule has 2 aromatic rings. The minimum Gasteiger partial charge on any atom is -0.462 e. The highest BCUT2D eigenvalue weighted by Crippen LogP contribution is 2.36. The lowest BCUT2D eigenvalue weighted by molar-refractivity contribution is -0.156. The molecule has 0 heterocycles. The average Bonchev–Trinajstić information content (AvgIpc) is 2.69. The molecular formula is C26H34O2. The minimum absolute atomic E-state index is 0.0467. The second-order valence-electron chi connectivity index (χ2n) is 8.86. The van der Waals surface area contributed by atoms with Gasteiger partial charge in [0.15, 0.2) is 0 Å². The zero-order chi connectivity index (χ0) is 19.9. The van der Waals surface area contributed by atoms with Crippen molar-refractivity contribution < 1.29 is 9.53 Å². The van der Waals surface area contributed by atoms with E-state index in [9.17, 15) is 4.79 Å². The van der Waals surface area contributed by atoms with E-state index >= 15 is 0 Å². The Kier molecular flexibility index (Phi) is 7.30. The Balaban J connectivity index is 1.70. The zero-order valence-electron chi connectivity index (χ0n) is 17.5. The van der Waals surface area contributed by atoms with Crippen LogP contribution in [0.15, 0.2) is 60.7 Å². The van der Waals surface area contributed by atoms with Crippen LogP contribution in [0.3, 0.4) is 0 Å². The molecule has 1 aliphatic carbocycles. The van der Waals surface area contributed by atoms with Crippen LogP contribution in [0.4, 0.5) is 0 Å². The third-order valence-corrected chi connectivity index (χ3v) is 6.25. The highest BCUT2D eigenvalue weighted by Gasteiger charge is 2.33. The van der Waals surface area contributed by atoms with Gasteiger partial charge in [-0.3, -0.25) is 4.79 Å². The van der Waals surface area contributed by atoms with Crippen molar-refractivity contribution in [2.24, 2.45) is 17.8 Å². The second kappa shape index (κ2) is 9.91. The lowest BCUT2D eigenvalue weighted by Gasteiger charge is -2.37. The van der Waals surface area contributed by atoms with Crippen molar-refractivity contribution in [1.29, 1.82) is 0 Å². The fraction of sp³-hybridized carbons (Fsp3) is 0.500. The van der Waals surface area contributed by atoms with Crippen LogP contribution in [-0.2, 0) is 16.0 Å². The molecule has 150 valence electrons. The predicted molar refractivity (Wildman–Crippen MR) is 115 cm³/mol. The largest absolute Gasteiger partial charge is 0.462 e. The summed E-state index contributed by atoms with van der Waals surface area (Å²) in [5, 5.41) is 0. The number of carbonyl (C=O) groups excluding carboxylic acids is 1. The van der Waals surface area contributed by atoms with Crippen LogP contribution < -0.4 is 0 Å². The first kappa shape index (κ1) is 20.6. The second-order valence-corrected chi connectivity index (χ2v) is 8.86. The Morgan fingerprint density at radius 2 is 1.64 bits per heavy atom. The number of carbonyl (C=O) groups is 1. The topological polar surface area (TPSA) is 26.3 Å². The normalized spacial score (nSPS) is 23.4. The molecule has 2 aromatic carbocycles. The number of esters is 1. The molecule has 0 N–H and O–H groups in total. The van der Waals surface area contributed by atoms with Crippen molar-refractivity contribution in [1.82, 2.24) is 0 Å². The van der Waals surface area contributed by atoms with E-state index in [1.165, 1.54) is 24.0 Å². The maximum Gasteiger partial charge on any atom is 0.306 e. The van der Waals surface area contributed by atoms with Crippen molar-refractivity contribution in [3.8, 4) is 0 Å². The Morgan fingerprint density at radius 1 is 1.00 bits per heavy atom. The molecule has 0 saturated heterocycles. The van der Waals surface area contributed by atoms with E-state index in [-0.39, 0.29) is 18.0 Å². The first-order valence-corrected chi connectivity index (χ1v) is 10.8. The van der Waals surface area contributed by atoms with Gasteiger partial charge in [0.05, 0.1) is 6.42 Å². The quantitative estimate of drug-likeness (QED) is 0.521. The van der Waals surface area contributed by atoms with E-state index in [0.717, 1.165) is 12.8 Å². The summed E-state index contributed by atoms with van der Waals surface area (Å²) in [7, 11) is 0. The summed E-state index contributed by atoms with van der Waals surface area (Å²) in [6.07, 6.45) is 4.79. The highest BCUT2D eigenvalue weighted by molar-refractivity contribution is 5.71. The molecule has 0 aliphatic heterocycles. The molecule has 1 saturated carbocycles. The van der Waals surface area contributed by atoms with Crippen molar-refractivity contribution in [2.75, 3.05) is 0 Å². The number of rotatable bonds is 7. The van der Waals surface area contributed by atoms with Crippen LogP contribution in [0.5, 0.6) is 0 Å². The van der Waals surface area contributed by atoms with Gasteiger partial charge in [0.2, 0.25) is 0 Å². The van der Waals surface area contributed by atoms with Crippen molar-refractivity contribution >= 4 is 5.97 Å². The molecule has 0 spiro atoms. The van der Waals surface area contributed by atoms with Crippen LogP contribution in [-0.4, -0.2) is 12.1 Å². The van der Waals surface area contributed by atoms with E-state index in [1.54, 1.807) is 0 Å². The van der Waals surface area contributed by atoms with Crippen LogP contribution >= 0.6 is 0 Å². The van der Waals surface area contributed by atoms with Gasteiger partial charge < -0.3 is 4.74 Å². The molecule has 0 unspecified atom stereocenters. The summed E-state index contributed by atoms with van der Waals surface area (Å²) < 4.78 is 6.09. The Hall–Kier alpha value is -2.09.